The summed E-state index contributed by atoms with van der Waals surface area (Å²) in [6.45, 7) is 11.0. The quantitative estimate of drug-likeness (QED) is 0.789. The van der Waals surface area contributed by atoms with E-state index in [0.29, 0.717) is 0 Å². The van der Waals surface area contributed by atoms with Gasteiger partial charge in [-0.2, -0.15) is 0 Å². The normalized spacial score (nSPS) is 30.0. The molecule has 1 N–H and O–H groups in total. The zero-order valence-corrected chi connectivity index (χ0v) is 14.0. The molecule has 0 aromatic heterocycles. The Morgan fingerprint density at radius 3 is 2.10 bits per heavy atom. The summed E-state index contributed by atoms with van der Waals surface area (Å²) in [4.78, 5) is 2.66. The van der Waals surface area contributed by atoms with Gasteiger partial charge in [-0.1, -0.05) is 27.2 Å². The fourth-order valence-corrected chi connectivity index (χ4v) is 3.99. The molecule has 0 radical (unpaired) electrons. The highest BCUT2D eigenvalue weighted by molar-refractivity contribution is 4.84. The van der Waals surface area contributed by atoms with Gasteiger partial charge in [-0.05, 0) is 76.4 Å². The molecule has 1 aliphatic heterocycles. The molecular weight excluding hydrogens is 244 g/mol. The topological polar surface area (TPSA) is 15.3 Å². The Labute approximate surface area is 126 Å². The van der Waals surface area contributed by atoms with Crippen molar-refractivity contribution in [3.8, 4) is 0 Å². The highest BCUT2D eigenvalue weighted by Gasteiger charge is 2.26. The van der Waals surface area contributed by atoms with Gasteiger partial charge in [0.05, 0.1) is 0 Å². The molecule has 2 fully saturated rings. The molecule has 0 aromatic carbocycles. The summed E-state index contributed by atoms with van der Waals surface area (Å²) < 4.78 is 0. The fraction of sp³-hybridized carbons (Fsp3) is 1.00. The molecule has 0 amide bonds. The van der Waals surface area contributed by atoms with E-state index in [-0.39, 0.29) is 0 Å². The number of hydrogen-bond donors (Lipinski definition) is 1. The van der Waals surface area contributed by atoms with Crippen LogP contribution in [0.3, 0.4) is 0 Å². The molecule has 0 spiro atoms. The lowest BCUT2D eigenvalue weighted by Gasteiger charge is -2.37. The number of nitrogens with zero attached hydrogens (tertiary/aromatic N) is 1. The lowest BCUT2D eigenvalue weighted by Crippen LogP contribution is -2.47. The van der Waals surface area contributed by atoms with Crippen LogP contribution in [0.1, 0.15) is 72.1 Å². The lowest BCUT2D eigenvalue weighted by molar-refractivity contribution is 0.170. The van der Waals surface area contributed by atoms with E-state index in [9.17, 15) is 0 Å². The number of hydrogen-bond acceptors (Lipinski definition) is 2. The van der Waals surface area contributed by atoms with Crippen molar-refractivity contribution in [3.05, 3.63) is 0 Å². The van der Waals surface area contributed by atoms with E-state index < -0.39 is 0 Å². The minimum atomic E-state index is 0.800. The van der Waals surface area contributed by atoms with Crippen LogP contribution in [0.15, 0.2) is 0 Å². The maximum Gasteiger partial charge on any atom is 0.00940 e. The zero-order chi connectivity index (χ0) is 14.4. The molecule has 0 atom stereocenters. The van der Waals surface area contributed by atoms with Gasteiger partial charge in [0.1, 0.15) is 0 Å². The highest BCUT2D eigenvalue weighted by atomic mass is 15.1. The molecule has 1 aliphatic carbocycles. The van der Waals surface area contributed by atoms with E-state index in [1.807, 2.05) is 0 Å². The van der Waals surface area contributed by atoms with Crippen LogP contribution in [0.4, 0.5) is 0 Å². The molecule has 1 saturated carbocycles. The largest absolute Gasteiger partial charge is 0.311 e. The first-order chi connectivity index (χ1) is 9.69. The van der Waals surface area contributed by atoms with Gasteiger partial charge in [0.2, 0.25) is 0 Å². The first-order valence-corrected chi connectivity index (χ1v) is 9.17. The number of unbranched alkanes of at least 4 members (excludes halogenated alkanes) is 1. The summed E-state index contributed by atoms with van der Waals surface area (Å²) in [5, 5.41) is 3.97. The van der Waals surface area contributed by atoms with E-state index in [0.717, 1.165) is 23.9 Å². The van der Waals surface area contributed by atoms with Crippen LogP contribution in [0.2, 0.25) is 0 Å². The van der Waals surface area contributed by atoms with E-state index in [4.69, 9.17) is 0 Å². The SMILES string of the molecule is CCCCN1CCC(NC2CCC(C(C)C)CC2)CC1. The summed E-state index contributed by atoms with van der Waals surface area (Å²) >= 11 is 0. The predicted molar refractivity (Wildman–Crippen MR) is 88.1 cm³/mol. The third-order valence-electron chi connectivity index (χ3n) is 5.60. The summed E-state index contributed by atoms with van der Waals surface area (Å²) in [7, 11) is 0. The van der Waals surface area contributed by atoms with E-state index in [1.165, 1.54) is 71.0 Å². The molecular formula is C18H36N2. The lowest BCUT2D eigenvalue weighted by atomic mass is 9.79. The molecule has 0 unspecified atom stereocenters. The Kier molecular flexibility index (Phi) is 6.83. The maximum atomic E-state index is 3.97. The Morgan fingerprint density at radius 1 is 0.950 bits per heavy atom. The first-order valence-electron chi connectivity index (χ1n) is 9.17. The van der Waals surface area contributed by atoms with Crippen molar-refractivity contribution < 1.29 is 0 Å². The Balaban J connectivity index is 1.61. The molecule has 20 heavy (non-hydrogen) atoms. The van der Waals surface area contributed by atoms with Crippen molar-refractivity contribution >= 4 is 0 Å². The van der Waals surface area contributed by atoms with Crippen LogP contribution < -0.4 is 5.32 Å². The molecule has 2 nitrogen and oxygen atoms in total. The van der Waals surface area contributed by atoms with E-state index >= 15 is 0 Å². The van der Waals surface area contributed by atoms with Crippen LogP contribution in [0, 0.1) is 11.8 Å². The van der Waals surface area contributed by atoms with Crippen LogP contribution in [-0.4, -0.2) is 36.6 Å². The van der Waals surface area contributed by atoms with Crippen molar-refractivity contribution in [1.29, 1.82) is 0 Å². The van der Waals surface area contributed by atoms with Gasteiger partial charge >= 0.3 is 0 Å². The summed E-state index contributed by atoms with van der Waals surface area (Å²) in [5.74, 6) is 1.88. The average molecular weight is 280 g/mol. The molecule has 2 rings (SSSR count). The van der Waals surface area contributed by atoms with Gasteiger partial charge in [-0.3, -0.25) is 0 Å². The van der Waals surface area contributed by atoms with Gasteiger partial charge in [-0.25, -0.2) is 0 Å². The molecule has 118 valence electrons. The molecule has 1 heterocycles. The third kappa shape index (κ3) is 5.04. The molecule has 1 saturated heterocycles. The second-order valence-electron chi connectivity index (χ2n) is 7.49. The number of likely N-dealkylation sites (tertiary alicyclic amines) is 1. The third-order valence-corrected chi connectivity index (χ3v) is 5.60. The Bertz CT molecular complexity index is 248. The van der Waals surface area contributed by atoms with E-state index in [1.54, 1.807) is 0 Å². The van der Waals surface area contributed by atoms with Gasteiger partial charge in [0.15, 0.2) is 0 Å². The minimum absolute atomic E-state index is 0.800. The Hall–Kier alpha value is -0.0800. The van der Waals surface area contributed by atoms with Gasteiger partial charge in [0, 0.05) is 12.1 Å². The second-order valence-corrected chi connectivity index (χ2v) is 7.49. The predicted octanol–water partition coefficient (Wildman–Crippen LogP) is 4.06. The second kappa shape index (κ2) is 8.38. The minimum Gasteiger partial charge on any atom is -0.311 e. The van der Waals surface area contributed by atoms with Crippen LogP contribution >= 0.6 is 0 Å². The van der Waals surface area contributed by atoms with Crippen molar-refractivity contribution in [2.45, 2.75) is 84.2 Å². The fourth-order valence-electron chi connectivity index (χ4n) is 3.99. The Morgan fingerprint density at radius 2 is 1.55 bits per heavy atom. The van der Waals surface area contributed by atoms with E-state index in [2.05, 4.69) is 31.0 Å². The summed E-state index contributed by atoms with van der Waals surface area (Å²) in [6.07, 6.45) is 11.2. The zero-order valence-electron chi connectivity index (χ0n) is 14.0. The standard InChI is InChI=1S/C18H36N2/c1-4-5-12-20-13-10-18(11-14-20)19-17-8-6-16(7-9-17)15(2)3/h15-19H,4-14H2,1-3H3. The maximum absolute atomic E-state index is 3.97. The first kappa shape index (κ1) is 16.3. The van der Waals surface area contributed by atoms with Crippen molar-refractivity contribution in [1.82, 2.24) is 10.2 Å². The summed E-state index contributed by atoms with van der Waals surface area (Å²) in [5.41, 5.74) is 0. The molecule has 2 aliphatic rings. The molecule has 2 heteroatoms. The van der Waals surface area contributed by atoms with Crippen LogP contribution in [0.5, 0.6) is 0 Å². The number of piperidine rings is 1. The smallest absolute Gasteiger partial charge is 0.00940 e. The number of nitrogens with one attached hydrogen (secondary N) is 1. The van der Waals surface area contributed by atoms with Gasteiger partial charge in [0.25, 0.3) is 0 Å². The van der Waals surface area contributed by atoms with Gasteiger partial charge < -0.3 is 10.2 Å². The highest BCUT2D eigenvalue weighted by Crippen LogP contribution is 2.30. The molecule has 0 bridgehead atoms. The van der Waals surface area contributed by atoms with Crippen molar-refractivity contribution in [3.63, 3.8) is 0 Å². The average Bonchev–Trinajstić information content (AvgIpc) is 2.47. The van der Waals surface area contributed by atoms with Crippen LogP contribution in [0.25, 0.3) is 0 Å². The van der Waals surface area contributed by atoms with Gasteiger partial charge in [-0.15, -0.1) is 0 Å². The molecule has 0 aromatic rings. The van der Waals surface area contributed by atoms with Crippen molar-refractivity contribution in [2.24, 2.45) is 11.8 Å². The van der Waals surface area contributed by atoms with Crippen molar-refractivity contribution in [2.75, 3.05) is 19.6 Å². The summed E-state index contributed by atoms with van der Waals surface area (Å²) in [6, 6.07) is 1.62. The number of rotatable bonds is 6. The monoisotopic (exact) mass is 280 g/mol. The van der Waals surface area contributed by atoms with Crippen LogP contribution in [-0.2, 0) is 0 Å².